The van der Waals surface area contributed by atoms with E-state index in [-0.39, 0.29) is 17.0 Å². The van der Waals surface area contributed by atoms with E-state index >= 15 is 0 Å². The Hall–Kier alpha value is -4.83. The molecule has 0 saturated heterocycles. The molecular formula is C37H27BrN2. The van der Waals surface area contributed by atoms with Crippen molar-refractivity contribution in [2.45, 2.75) is 13.1 Å². The number of rotatable bonds is 4. The molecule has 0 N–H and O–H groups in total. The predicted octanol–water partition coefficient (Wildman–Crippen LogP) is 3.83. The van der Waals surface area contributed by atoms with Crippen LogP contribution in [-0.4, -0.2) is 4.57 Å². The molecule has 0 fully saturated rings. The van der Waals surface area contributed by atoms with Crippen LogP contribution in [0, 0.1) is 23.7 Å². The average molecular weight is 580 g/mol. The minimum Gasteiger partial charge on any atom is -1.00 e. The van der Waals surface area contributed by atoms with Crippen LogP contribution in [0.25, 0.3) is 11.0 Å². The molecule has 0 aliphatic heterocycles. The Bertz CT molecular complexity index is 1690. The highest BCUT2D eigenvalue weighted by Gasteiger charge is 2.16. The Balaban J connectivity index is 0.00000323. The van der Waals surface area contributed by atoms with Gasteiger partial charge >= 0.3 is 0 Å². The van der Waals surface area contributed by atoms with Crippen molar-refractivity contribution >= 4 is 11.0 Å². The van der Waals surface area contributed by atoms with Gasteiger partial charge in [0.15, 0.2) is 11.0 Å². The Morgan fingerprint density at radius 1 is 0.475 bits per heavy atom. The third kappa shape index (κ3) is 6.59. The monoisotopic (exact) mass is 578 g/mol. The van der Waals surface area contributed by atoms with E-state index in [0.717, 1.165) is 35.3 Å². The number of nitrogens with zero attached hydrogens (tertiary/aromatic N) is 2. The number of halogens is 1. The molecule has 0 radical (unpaired) electrons. The summed E-state index contributed by atoms with van der Waals surface area (Å²) in [4.78, 5) is 0. The van der Waals surface area contributed by atoms with Crippen LogP contribution < -0.4 is 21.5 Å². The molecule has 192 valence electrons. The number of benzene rings is 5. The fourth-order valence-corrected chi connectivity index (χ4v) is 4.61. The van der Waals surface area contributed by atoms with Gasteiger partial charge in [-0.3, -0.25) is 0 Å². The van der Waals surface area contributed by atoms with Gasteiger partial charge in [0.25, 0.3) is 0 Å². The summed E-state index contributed by atoms with van der Waals surface area (Å²) in [5.41, 5.74) is 9.02. The van der Waals surface area contributed by atoms with Gasteiger partial charge in [0.05, 0.1) is 0 Å². The smallest absolute Gasteiger partial charge is 0.245 e. The molecule has 0 aliphatic carbocycles. The first-order valence-electron chi connectivity index (χ1n) is 13.1. The second-order valence-corrected chi connectivity index (χ2v) is 9.49. The van der Waals surface area contributed by atoms with E-state index in [1.165, 1.54) is 22.2 Å². The van der Waals surface area contributed by atoms with E-state index in [2.05, 4.69) is 112 Å². The summed E-state index contributed by atoms with van der Waals surface area (Å²) in [5.74, 6) is 13.0. The second-order valence-electron chi connectivity index (χ2n) is 9.49. The molecule has 0 aliphatic rings. The van der Waals surface area contributed by atoms with Gasteiger partial charge in [0.2, 0.25) is 6.33 Å². The lowest BCUT2D eigenvalue weighted by Gasteiger charge is -2.00. The van der Waals surface area contributed by atoms with Gasteiger partial charge in [-0.05, 0) is 71.8 Å². The molecule has 3 heteroatoms. The molecule has 0 spiro atoms. The summed E-state index contributed by atoms with van der Waals surface area (Å²) in [6, 6.07) is 45.9. The van der Waals surface area contributed by atoms with Crippen LogP contribution in [0.2, 0.25) is 0 Å². The van der Waals surface area contributed by atoms with Crippen LogP contribution in [0.5, 0.6) is 0 Å². The van der Waals surface area contributed by atoms with Gasteiger partial charge in [-0.1, -0.05) is 96.5 Å². The van der Waals surface area contributed by atoms with Gasteiger partial charge in [-0.2, -0.15) is 0 Å². The standard InChI is InChI=1S/C37H27N2.BrH/c1-3-9-30(10-4-1)15-17-32-19-23-34(24-20-32)27-38-29-39(37-14-8-7-13-36(37)38)28-35-25-21-33(22-26-35)18-16-31-11-5-2-6-12-31;/h1-14,19-26,29H,27-28H2;1H/q+1;/p-1. The molecule has 0 amide bonds. The molecule has 6 rings (SSSR count). The molecule has 0 atom stereocenters. The van der Waals surface area contributed by atoms with E-state index in [9.17, 15) is 0 Å². The first kappa shape index (κ1) is 26.8. The van der Waals surface area contributed by atoms with Gasteiger partial charge < -0.3 is 17.0 Å². The van der Waals surface area contributed by atoms with Gasteiger partial charge in [-0.25, -0.2) is 9.13 Å². The van der Waals surface area contributed by atoms with Crippen LogP contribution >= 0.6 is 0 Å². The lowest BCUT2D eigenvalue weighted by molar-refractivity contribution is -0.663. The van der Waals surface area contributed by atoms with Crippen LogP contribution in [0.15, 0.2) is 140 Å². The van der Waals surface area contributed by atoms with E-state index in [1.807, 2.05) is 60.7 Å². The maximum atomic E-state index is 3.26. The topological polar surface area (TPSA) is 8.81 Å². The first-order chi connectivity index (χ1) is 19.3. The summed E-state index contributed by atoms with van der Waals surface area (Å²) >= 11 is 0. The van der Waals surface area contributed by atoms with Crippen molar-refractivity contribution in [2.75, 3.05) is 0 Å². The number of imidazole rings is 1. The molecule has 2 nitrogen and oxygen atoms in total. The number of fused-ring (bicyclic) bond motifs is 1. The van der Waals surface area contributed by atoms with E-state index in [0.29, 0.717) is 0 Å². The fraction of sp³-hybridized carbons (Fsp3) is 0.0541. The number of hydrogen-bond acceptors (Lipinski definition) is 0. The third-order valence-electron chi connectivity index (χ3n) is 6.64. The molecule has 6 aromatic rings. The molecule has 1 aromatic heterocycles. The average Bonchev–Trinajstić information content (AvgIpc) is 3.34. The molecule has 40 heavy (non-hydrogen) atoms. The molecule has 0 bridgehead atoms. The second kappa shape index (κ2) is 12.8. The van der Waals surface area contributed by atoms with Crippen molar-refractivity contribution in [1.82, 2.24) is 4.57 Å². The highest BCUT2D eigenvalue weighted by atomic mass is 79.9. The summed E-state index contributed by atoms with van der Waals surface area (Å²) in [6.07, 6.45) is 2.22. The third-order valence-corrected chi connectivity index (χ3v) is 6.64. The van der Waals surface area contributed by atoms with Crippen molar-refractivity contribution in [3.05, 3.63) is 173 Å². The number of para-hydroxylation sites is 2. The maximum Gasteiger partial charge on any atom is 0.245 e. The quantitative estimate of drug-likeness (QED) is 0.222. The maximum absolute atomic E-state index is 3.26. The summed E-state index contributed by atoms with van der Waals surface area (Å²) in [6.45, 7) is 1.60. The van der Waals surface area contributed by atoms with Gasteiger partial charge in [0, 0.05) is 22.3 Å². The van der Waals surface area contributed by atoms with E-state index in [1.54, 1.807) is 0 Å². The normalized spacial score (nSPS) is 10.1. The predicted molar refractivity (Wildman–Crippen MR) is 158 cm³/mol. The Morgan fingerprint density at radius 3 is 1.48 bits per heavy atom. The van der Waals surface area contributed by atoms with E-state index in [4.69, 9.17) is 0 Å². The van der Waals surface area contributed by atoms with Crippen LogP contribution in [0.1, 0.15) is 33.4 Å². The first-order valence-corrected chi connectivity index (χ1v) is 13.1. The fourth-order valence-electron chi connectivity index (χ4n) is 4.61. The van der Waals surface area contributed by atoms with Crippen molar-refractivity contribution in [2.24, 2.45) is 0 Å². The van der Waals surface area contributed by atoms with Gasteiger partial charge in [-0.15, -0.1) is 0 Å². The van der Waals surface area contributed by atoms with Crippen molar-refractivity contribution in [3.8, 4) is 23.7 Å². The Morgan fingerprint density at radius 2 is 0.925 bits per heavy atom. The summed E-state index contributed by atoms with van der Waals surface area (Å²) in [5, 5.41) is 0. The molecule has 0 unspecified atom stereocenters. The lowest BCUT2D eigenvalue weighted by Crippen LogP contribution is -3.00. The largest absolute Gasteiger partial charge is 1.00 e. The molecule has 1 heterocycles. The SMILES string of the molecule is C(#Cc1ccc(Cn2c[n+](Cc3ccc(C#Cc4ccccc4)cc3)c3ccccc32)cc1)c1ccccc1.[Br-]. The molecule has 0 saturated carbocycles. The highest BCUT2D eigenvalue weighted by Crippen LogP contribution is 2.15. The number of hydrogen-bond donors (Lipinski definition) is 0. The molecular weight excluding hydrogens is 552 g/mol. The zero-order valence-corrected chi connectivity index (χ0v) is 23.6. The highest BCUT2D eigenvalue weighted by molar-refractivity contribution is 5.71. The van der Waals surface area contributed by atoms with E-state index < -0.39 is 0 Å². The Kier molecular flexibility index (Phi) is 8.57. The van der Waals surface area contributed by atoms with Crippen molar-refractivity contribution in [1.29, 1.82) is 0 Å². The summed E-state index contributed by atoms with van der Waals surface area (Å²) in [7, 11) is 0. The van der Waals surface area contributed by atoms with Crippen LogP contribution in [0.3, 0.4) is 0 Å². The zero-order valence-electron chi connectivity index (χ0n) is 22.0. The Labute approximate surface area is 246 Å². The van der Waals surface area contributed by atoms with Crippen molar-refractivity contribution < 1.29 is 21.5 Å². The van der Waals surface area contributed by atoms with Crippen LogP contribution in [0.4, 0.5) is 0 Å². The summed E-state index contributed by atoms with van der Waals surface area (Å²) < 4.78 is 4.64. The lowest BCUT2D eigenvalue weighted by atomic mass is 10.1. The minimum atomic E-state index is 0. The minimum absolute atomic E-state index is 0. The number of aromatic nitrogens is 2. The zero-order chi connectivity index (χ0) is 26.3. The van der Waals surface area contributed by atoms with Crippen molar-refractivity contribution in [3.63, 3.8) is 0 Å². The molecule has 5 aromatic carbocycles. The van der Waals surface area contributed by atoms with Crippen LogP contribution in [-0.2, 0) is 13.1 Å². The van der Waals surface area contributed by atoms with Gasteiger partial charge in [0.1, 0.15) is 13.1 Å².